The lowest BCUT2D eigenvalue weighted by Gasteiger charge is -2.15. The van der Waals surface area contributed by atoms with E-state index in [0.717, 1.165) is 31.5 Å². The number of amides is 2. The van der Waals surface area contributed by atoms with Crippen molar-refractivity contribution in [2.24, 2.45) is 0 Å². The Morgan fingerprint density at radius 2 is 2.00 bits per heavy atom. The van der Waals surface area contributed by atoms with E-state index in [1.165, 1.54) is 12.1 Å². The molecule has 0 atom stereocenters. The van der Waals surface area contributed by atoms with Crippen LogP contribution in [0.4, 0.5) is 4.39 Å². The minimum Gasteiger partial charge on any atom is -0.351 e. The van der Waals surface area contributed by atoms with Crippen molar-refractivity contribution in [3.63, 3.8) is 0 Å². The highest BCUT2D eigenvalue weighted by Crippen LogP contribution is 2.10. The van der Waals surface area contributed by atoms with Crippen LogP contribution in [0.15, 0.2) is 18.2 Å². The number of hydrogen-bond donors (Lipinski definition) is 1. The first-order valence-corrected chi connectivity index (χ1v) is 6.90. The van der Waals surface area contributed by atoms with E-state index >= 15 is 0 Å². The molecule has 0 aromatic heterocycles. The van der Waals surface area contributed by atoms with Crippen molar-refractivity contribution in [2.45, 2.75) is 26.2 Å². The molecule has 0 radical (unpaired) electrons. The monoisotopic (exact) mass is 278 g/mol. The molecule has 4 nitrogen and oxygen atoms in total. The zero-order valence-electron chi connectivity index (χ0n) is 11.6. The molecule has 1 heterocycles. The SMILES string of the molecule is Cc1ccc(F)c(C(=O)NCCC(=O)N2CCCC2)c1. The highest BCUT2D eigenvalue weighted by molar-refractivity contribution is 5.94. The number of benzene rings is 1. The lowest BCUT2D eigenvalue weighted by atomic mass is 10.1. The fourth-order valence-corrected chi connectivity index (χ4v) is 2.32. The van der Waals surface area contributed by atoms with Gasteiger partial charge in [-0.15, -0.1) is 0 Å². The van der Waals surface area contributed by atoms with Crippen molar-refractivity contribution in [2.75, 3.05) is 19.6 Å². The number of carbonyl (C=O) groups is 2. The summed E-state index contributed by atoms with van der Waals surface area (Å²) in [5.74, 6) is -0.966. The number of rotatable bonds is 4. The molecule has 1 saturated heterocycles. The number of carbonyl (C=O) groups excluding carboxylic acids is 2. The largest absolute Gasteiger partial charge is 0.351 e. The number of halogens is 1. The average Bonchev–Trinajstić information content (AvgIpc) is 2.95. The molecule has 0 unspecified atom stereocenters. The third-order valence-corrected chi connectivity index (χ3v) is 3.45. The van der Waals surface area contributed by atoms with Crippen LogP contribution in [0, 0.1) is 12.7 Å². The number of hydrogen-bond acceptors (Lipinski definition) is 2. The van der Waals surface area contributed by atoms with Gasteiger partial charge in [0.25, 0.3) is 5.91 Å². The van der Waals surface area contributed by atoms with Crippen molar-refractivity contribution in [1.82, 2.24) is 10.2 Å². The Balaban J connectivity index is 1.83. The summed E-state index contributed by atoms with van der Waals surface area (Å²) >= 11 is 0. The molecule has 1 aliphatic rings. The Morgan fingerprint density at radius 1 is 1.30 bits per heavy atom. The zero-order chi connectivity index (χ0) is 14.5. The van der Waals surface area contributed by atoms with Gasteiger partial charge in [-0.1, -0.05) is 11.6 Å². The van der Waals surface area contributed by atoms with Gasteiger partial charge in [-0.05, 0) is 31.9 Å². The van der Waals surface area contributed by atoms with Crippen molar-refractivity contribution >= 4 is 11.8 Å². The molecule has 2 rings (SSSR count). The third-order valence-electron chi connectivity index (χ3n) is 3.45. The number of nitrogens with zero attached hydrogens (tertiary/aromatic N) is 1. The lowest BCUT2D eigenvalue weighted by molar-refractivity contribution is -0.129. The molecule has 108 valence electrons. The molecule has 0 aliphatic carbocycles. The standard InChI is InChI=1S/C15H19FN2O2/c1-11-4-5-13(16)12(10-11)15(20)17-7-6-14(19)18-8-2-3-9-18/h4-5,10H,2-3,6-9H2,1H3,(H,17,20). The van der Waals surface area contributed by atoms with Gasteiger partial charge in [-0.2, -0.15) is 0 Å². The zero-order valence-corrected chi connectivity index (χ0v) is 11.6. The molecular formula is C15H19FN2O2. The molecular weight excluding hydrogens is 259 g/mol. The summed E-state index contributed by atoms with van der Waals surface area (Å²) in [6, 6.07) is 4.40. The maximum atomic E-state index is 13.5. The first-order chi connectivity index (χ1) is 9.58. The van der Waals surface area contributed by atoms with Crippen LogP contribution in [-0.2, 0) is 4.79 Å². The van der Waals surface area contributed by atoms with Crippen molar-refractivity contribution in [1.29, 1.82) is 0 Å². The van der Waals surface area contributed by atoms with Crippen LogP contribution < -0.4 is 5.32 Å². The highest BCUT2D eigenvalue weighted by Gasteiger charge is 2.18. The van der Waals surface area contributed by atoms with Crippen LogP contribution in [0.25, 0.3) is 0 Å². The van der Waals surface area contributed by atoms with Gasteiger partial charge in [0.15, 0.2) is 0 Å². The summed E-state index contributed by atoms with van der Waals surface area (Å²) in [6.45, 7) is 3.65. The molecule has 1 aromatic carbocycles. The van der Waals surface area contributed by atoms with Crippen molar-refractivity contribution < 1.29 is 14.0 Å². The summed E-state index contributed by atoms with van der Waals surface area (Å²) in [4.78, 5) is 25.4. The topological polar surface area (TPSA) is 49.4 Å². The minimum absolute atomic E-state index is 0.0265. The predicted octanol–water partition coefficient (Wildman–Crippen LogP) is 1.88. The Bertz CT molecular complexity index is 511. The van der Waals surface area contributed by atoms with Crippen LogP contribution in [0.5, 0.6) is 0 Å². The second-order valence-corrected chi connectivity index (χ2v) is 5.08. The summed E-state index contributed by atoms with van der Waals surface area (Å²) in [5, 5.41) is 2.59. The van der Waals surface area contributed by atoms with Gasteiger partial charge in [0, 0.05) is 26.1 Å². The molecule has 20 heavy (non-hydrogen) atoms. The number of nitrogens with one attached hydrogen (secondary N) is 1. The van der Waals surface area contributed by atoms with Gasteiger partial charge >= 0.3 is 0 Å². The van der Waals surface area contributed by atoms with E-state index in [0.29, 0.717) is 0 Å². The van der Waals surface area contributed by atoms with Gasteiger partial charge < -0.3 is 10.2 Å². The van der Waals surface area contributed by atoms with Crippen LogP contribution in [0.1, 0.15) is 35.2 Å². The molecule has 0 saturated carbocycles. The number of aryl methyl sites for hydroxylation is 1. The molecule has 0 bridgehead atoms. The Labute approximate surface area is 118 Å². The van der Waals surface area contributed by atoms with Gasteiger partial charge in [0.1, 0.15) is 5.82 Å². The summed E-state index contributed by atoms with van der Waals surface area (Å²) < 4.78 is 13.5. The molecule has 1 N–H and O–H groups in total. The molecule has 1 fully saturated rings. The maximum Gasteiger partial charge on any atom is 0.254 e. The average molecular weight is 278 g/mol. The minimum atomic E-state index is -0.543. The first-order valence-electron chi connectivity index (χ1n) is 6.90. The second kappa shape index (κ2) is 6.50. The Kier molecular flexibility index (Phi) is 4.71. The second-order valence-electron chi connectivity index (χ2n) is 5.08. The normalized spacial score (nSPS) is 14.4. The van der Waals surface area contributed by atoms with Gasteiger partial charge in [0.05, 0.1) is 5.56 Å². The molecule has 0 spiro atoms. The van der Waals surface area contributed by atoms with E-state index in [2.05, 4.69) is 5.32 Å². The van der Waals surface area contributed by atoms with E-state index in [1.54, 1.807) is 17.9 Å². The summed E-state index contributed by atoms with van der Waals surface area (Å²) in [5.41, 5.74) is 0.850. The van der Waals surface area contributed by atoms with Crippen molar-refractivity contribution in [3.05, 3.63) is 35.1 Å². The van der Waals surface area contributed by atoms with E-state index in [1.807, 2.05) is 0 Å². The van der Waals surface area contributed by atoms with Gasteiger partial charge in [-0.25, -0.2) is 4.39 Å². The Morgan fingerprint density at radius 3 is 2.70 bits per heavy atom. The van der Waals surface area contributed by atoms with E-state index in [-0.39, 0.29) is 24.4 Å². The molecule has 1 aliphatic heterocycles. The van der Waals surface area contributed by atoms with E-state index in [4.69, 9.17) is 0 Å². The first kappa shape index (κ1) is 14.5. The summed E-state index contributed by atoms with van der Waals surface area (Å²) in [7, 11) is 0. The number of likely N-dealkylation sites (tertiary alicyclic amines) is 1. The maximum absolute atomic E-state index is 13.5. The fourth-order valence-electron chi connectivity index (χ4n) is 2.32. The summed E-state index contributed by atoms with van der Waals surface area (Å²) in [6.07, 6.45) is 2.36. The van der Waals surface area contributed by atoms with Gasteiger partial charge in [-0.3, -0.25) is 9.59 Å². The van der Waals surface area contributed by atoms with Gasteiger partial charge in [0.2, 0.25) is 5.91 Å². The molecule has 5 heteroatoms. The van der Waals surface area contributed by atoms with Crippen LogP contribution in [0.2, 0.25) is 0 Å². The predicted molar refractivity (Wildman–Crippen MR) is 73.9 cm³/mol. The molecule has 1 aromatic rings. The van der Waals surface area contributed by atoms with E-state index < -0.39 is 11.7 Å². The lowest BCUT2D eigenvalue weighted by Crippen LogP contribution is -2.33. The fraction of sp³-hybridized carbons (Fsp3) is 0.467. The van der Waals surface area contributed by atoms with Crippen LogP contribution in [0.3, 0.4) is 0 Å². The molecule has 2 amide bonds. The smallest absolute Gasteiger partial charge is 0.254 e. The van der Waals surface area contributed by atoms with Crippen LogP contribution >= 0.6 is 0 Å². The van der Waals surface area contributed by atoms with Crippen molar-refractivity contribution in [3.8, 4) is 0 Å². The van der Waals surface area contributed by atoms with E-state index in [9.17, 15) is 14.0 Å². The highest BCUT2D eigenvalue weighted by atomic mass is 19.1. The third kappa shape index (κ3) is 3.56. The Hall–Kier alpha value is -1.91. The quantitative estimate of drug-likeness (QED) is 0.914. The van der Waals surface area contributed by atoms with Crippen LogP contribution in [-0.4, -0.2) is 36.3 Å².